The Bertz CT molecular complexity index is 1190. The van der Waals surface area contributed by atoms with Crippen LogP contribution >= 0.6 is 0 Å². The fourth-order valence-corrected chi connectivity index (χ4v) is 4.39. The molecule has 0 spiro atoms. The minimum absolute atomic E-state index is 0.222. The molecule has 162 valence electrons. The summed E-state index contributed by atoms with van der Waals surface area (Å²) in [5.74, 6) is -0.222. The third kappa shape index (κ3) is 5.33. The largest absolute Gasteiger partial charge is 0.321 e. The molecule has 0 radical (unpaired) electrons. The number of anilines is 2. The van der Waals surface area contributed by atoms with E-state index in [4.69, 9.17) is 0 Å². The van der Waals surface area contributed by atoms with Gasteiger partial charge in [0.15, 0.2) is 0 Å². The Balaban J connectivity index is 1.85. The second-order valence-corrected chi connectivity index (χ2v) is 9.57. The van der Waals surface area contributed by atoms with E-state index in [9.17, 15) is 13.2 Å². The first-order valence-corrected chi connectivity index (χ1v) is 12.1. The molecule has 0 saturated heterocycles. The second-order valence-electron chi connectivity index (χ2n) is 7.66. The van der Waals surface area contributed by atoms with Gasteiger partial charge in [0.05, 0.1) is 18.5 Å². The average molecular weight is 437 g/mol. The van der Waals surface area contributed by atoms with Crippen molar-refractivity contribution in [2.45, 2.75) is 33.7 Å². The first-order chi connectivity index (χ1) is 14.7. The van der Waals surface area contributed by atoms with Crippen LogP contribution in [0.2, 0.25) is 0 Å². The summed E-state index contributed by atoms with van der Waals surface area (Å²) in [7, 11) is -3.50. The number of carbonyl (C=O) groups excluding carboxylic acids is 1. The van der Waals surface area contributed by atoms with E-state index >= 15 is 0 Å². The number of nitrogens with one attached hydrogen (secondary N) is 1. The number of para-hydroxylation sites is 1. The number of nitrogens with zero attached hydrogens (tertiary/aromatic N) is 1. The molecule has 1 amide bonds. The summed E-state index contributed by atoms with van der Waals surface area (Å²) in [4.78, 5) is 12.8. The van der Waals surface area contributed by atoms with E-state index in [1.165, 1.54) is 10.6 Å². The summed E-state index contributed by atoms with van der Waals surface area (Å²) in [6.45, 7) is 6.21. The van der Waals surface area contributed by atoms with E-state index in [0.717, 1.165) is 34.4 Å². The van der Waals surface area contributed by atoms with Gasteiger partial charge in [0.2, 0.25) is 10.0 Å². The fraction of sp³-hybridized carbons (Fsp3) is 0.240. The number of benzene rings is 3. The first-order valence-electron chi connectivity index (χ1n) is 10.2. The van der Waals surface area contributed by atoms with E-state index in [1.807, 2.05) is 63.2 Å². The molecular formula is C25H28N2O3S. The lowest BCUT2D eigenvalue weighted by Gasteiger charge is -2.23. The van der Waals surface area contributed by atoms with Crippen molar-refractivity contribution in [3.63, 3.8) is 0 Å². The van der Waals surface area contributed by atoms with Crippen LogP contribution in [0, 0.1) is 13.8 Å². The van der Waals surface area contributed by atoms with Crippen molar-refractivity contribution in [3.05, 3.63) is 94.5 Å². The summed E-state index contributed by atoms with van der Waals surface area (Å²) >= 11 is 0. The van der Waals surface area contributed by atoms with Crippen molar-refractivity contribution in [1.29, 1.82) is 0 Å². The van der Waals surface area contributed by atoms with Gasteiger partial charge in [0, 0.05) is 11.3 Å². The quantitative estimate of drug-likeness (QED) is 0.561. The minimum Gasteiger partial charge on any atom is -0.321 e. The molecule has 0 aliphatic rings. The lowest BCUT2D eigenvalue weighted by Crippen LogP contribution is -2.29. The predicted octanol–water partition coefficient (Wildman–Crippen LogP) is 5.08. The normalized spacial score (nSPS) is 11.2. The van der Waals surface area contributed by atoms with Gasteiger partial charge in [-0.2, -0.15) is 0 Å². The van der Waals surface area contributed by atoms with E-state index < -0.39 is 10.0 Å². The third-order valence-corrected chi connectivity index (χ3v) is 6.51. The molecule has 0 aromatic heterocycles. The van der Waals surface area contributed by atoms with Crippen LogP contribution in [-0.2, 0) is 23.0 Å². The molecule has 0 aliphatic heterocycles. The van der Waals surface area contributed by atoms with Gasteiger partial charge < -0.3 is 5.32 Å². The molecule has 0 aliphatic carbocycles. The van der Waals surface area contributed by atoms with Gasteiger partial charge in [-0.3, -0.25) is 9.10 Å². The highest BCUT2D eigenvalue weighted by Gasteiger charge is 2.19. The Morgan fingerprint density at radius 3 is 2.10 bits per heavy atom. The summed E-state index contributed by atoms with van der Waals surface area (Å²) in [5.41, 5.74) is 5.86. The Labute approximate surface area is 184 Å². The molecule has 0 saturated carbocycles. The first kappa shape index (κ1) is 22.6. The van der Waals surface area contributed by atoms with Crippen LogP contribution in [0.5, 0.6) is 0 Å². The molecular weight excluding hydrogens is 408 g/mol. The van der Waals surface area contributed by atoms with E-state index in [2.05, 4.69) is 5.32 Å². The molecule has 0 heterocycles. The average Bonchev–Trinajstić information content (AvgIpc) is 2.74. The van der Waals surface area contributed by atoms with Crippen LogP contribution in [0.15, 0.2) is 66.7 Å². The van der Waals surface area contributed by atoms with Crippen LogP contribution in [-0.4, -0.2) is 20.6 Å². The lowest BCUT2D eigenvalue weighted by atomic mass is 10.1. The predicted molar refractivity (Wildman–Crippen MR) is 127 cm³/mol. The number of hydrogen-bond donors (Lipinski definition) is 1. The maximum absolute atomic E-state index is 12.8. The van der Waals surface area contributed by atoms with Crippen molar-refractivity contribution < 1.29 is 13.2 Å². The minimum atomic E-state index is -3.50. The zero-order valence-corrected chi connectivity index (χ0v) is 19.2. The maximum Gasteiger partial charge on any atom is 0.255 e. The van der Waals surface area contributed by atoms with Gasteiger partial charge in [-0.15, -0.1) is 0 Å². The molecule has 5 nitrogen and oxygen atoms in total. The van der Waals surface area contributed by atoms with Crippen LogP contribution in [0.1, 0.15) is 39.5 Å². The molecule has 0 unspecified atom stereocenters. The van der Waals surface area contributed by atoms with E-state index in [0.29, 0.717) is 11.3 Å². The molecule has 0 bridgehead atoms. The maximum atomic E-state index is 12.8. The van der Waals surface area contributed by atoms with Crippen molar-refractivity contribution >= 4 is 27.3 Å². The molecule has 1 N–H and O–H groups in total. The molecule has 0 atom stereocenters. The van der Waals surface area contributed by atoms with Crippen molar-refractivity contribution in [2.24, 2.45) is 0 Å². The van der Waals surface area contributed by atoms with Gasteiger partial charge in [-0.05, 0) is 66.8 Å². The Morgan fingerprint density at radius 2 is 1.48 bits per heavy atom. The SMILES string of the molecule is CCc1cccc(C)c1NC(=O)c1ccc(N(Cc2ccccc2C)S(C)(=O)=O)cc1. The highest BCUT2D eigenvalue weighted by molar-refractivity contribution is 7.92. The number of carbonyl (C=O) groups is 1. The highest BCUT2D eigenvalue weighted by atomic mass is 32.2. The third-order valence-electron chi connectivity index (χ3n) is 5.37. The number of sulfonamides is 1. The number of aryl methyl sites for hydroxylation is 3. The zero-order chi connectivity index (χ0) is 22.6. The standard InChI is InChI=1S/C25H28N2O3S/c1-5-20-12-8-10-19(3)24(20)26-25(28)21-13-15-23(16-14-21)27(31(4,29)30)17-22-11-7-6-9-18(22)2/h6-16H,5,17H2,1-4H3,(H,26,28). The monoisotopic (exact) mass is 436 g/mol. The molecule has 6 heteroatoms. The molecule has 3 aromatic rings. The van der Waals surface area contributed by atoms with Gasteiger partial charge in [0.1, 0.15) is 0 Å². The summed E-state index contributed by atoms with van der Waals surface area (Å²) in [5, 5.41) is 3.00. The number of amides is 1. The fourth-order valence-electron chi connectivity index (χ4n) is 3.51. The molecule has 3 aromatic carbocycles. The summed E-state index contributed by atoms with van der Waals surface area (Å²) in [6.07, 6.45) is 2.01. The van der Waals surface area contributed by atoms with Gasteiger partial charge in [0.25, 0.3) is 5.91 Å². The molecule has 3 rings (SSSR count). The van der Waals surface area contributed by atoms with Gasteiger partial charge >= 0.3 is 0 Å². The summed E-state index contributed by atoms with van der Waals surface area (Å²) < 4.78 is 26.3. The number of hydrogen-bond acceptors (Lipinski definition) is 3. The van der Waals surface area contributed by atoms with Crippen LogP contribution < -0.4 is 9.62 Å². The molecule has 0 fully saturated rings. The van der Waals surface area contributed by atoms with E-state index in [1.54, 1.807) is 24.3 Å². The van der Waals surface area contributed by atoms with Crippen molar-refractivity contribution in [1.82, 2.24) is 0 Å². The number of rotatable bonds is 7. The van der Waals surface area contributed by atoms with E-state index in [-0.39, 0.29) is 12.5 Å². The summed E-state index contributed by atoms with van der Waals surface area (Å²) in [6, 6.07) is 20.3. The van der Waals surface area contributed by atoms with Crippen molar-refractivity contribution in [2.75, 3.05) is 15.9 Å². The second kappa shape index (κ2) is 9.35. The van der Waals surface area contributed by atoms with Crippen molar-refractivity contribution in [3.8, 4) is 0 Å². The Hall–Kier alpha value is -3.12. The van der Waals surface area contributed by atoms with Gasteiger partial charge in [-0.25, -0.2) is 8.42 Å². The lowest BCUT2D eigenvalue weighted by molar-refractivity contribution is 0.102. The van der Waals surface area contributed by atoms with Crippen LogP contribution in [0.25, 0.3) is 0 Å². The Kier molecular flexibility index (Phi) is 6.81. The zero-order valence-electron chi connectivity index (χ0n) is 18.3. The smallest absolute Gasteiger partial charge is 0.255 e. The molecule has 31 heavy (non-hydrogen) atoms. The topological polar surface area (TPSA) is 66.5 Å². The van der Waals surface area contributed by atoms with Crippen LogP contribution in [0.4, 0.5) is 11.4 Å². The highest BCUT2D eigenvalue weighted by Crippen LogP contribution is 2.25. The van der Waals surface area contributed by atoms with Gasteiger partial charge in [-0.1, -0.05) is 49.4 Å². The van der Waals surface area contributed by atoms with Crippen LogP contribution in [0.3, 0.4) is 0 Å². The Morgan fingerprint density at radius 1 is 0.871 bits per heavy atom.